The van der Waals surface area contributed by atoms with Crippen molar-refractivity contribution in [2.24, 2.45) is 5.73 Å². The lowest BCUT2D eigenvalue weighted by Crippen LogP contribution is -2.24. The van der Waals surface area contributed by atoms with Crippen LogP contribution in [0.25, 0.3) is 10.9 Å². The van der Waals surface area contributed by atoms with E-state index in [2.05, 4.69) is 0 Å². The number of primary amides is 1. The molecule has 144 valence electrons. The molecule has 6 heteroatoms. The number of nitrogens with zero attached hydrogens (tertiary/aromatic N) is 1. The number of ketones is 1. The Morgan fingerprint density at radius 2 is 1.75 bits per heavy atom. The highest BCUT2D eigenvalue weighted by Crippen LogP contribution is 2.32. The fourth-order valence-electron chi connectivity index (χ4n) is 3.66. The summed E-state index contributed by atoms with van der Waals surface area (Å²) in [4.78, 5) is 35.5. The van der Waals surface area contributed by atoms with Crippen LogP contribution in [0, 0.1) is 0 Å². The van der Waals surface area contributed by atoms with Crippen molar-refractivity contribution in [3.05, 3.63) is 70.9 Å². The molecule has 0 aliphatic rings. The molecule has 28 heavy (non-hydrogen) atoms. The summed E-state index contributed by atoms with van der Waals surface area (Å²) in [6.45, 7) is 2.46. The molecule has 3 aromatic rings. The van der Waals surface area contributed by atoms with Crippen LogP contribution in [0.4, 0.5) is 0 Å². The SMILES string of the molecule is CCc1c(C(=O)C(N)=O)c2c(CCC(=O)O)cccc2n1Cc1ccccc1. The van der Waals surface area contributed by atoms with Crippen molar-refractivity contribution in [1.82, 2.24) is 4.57 Å². The van der Waals surface area contributed by atoms with Crippen LogP contribution in [-0.2, 0) is 29.0 Å². The van der Waals surface area contributed by atoms with E-state index in [1.807, 2.05) is 54.0 Å². The van der Waals surface area contributed by atoms with Gasteiger partial charge in [-0.3, -0.25) is 14.4 Å². The third kappa shape index (κ3) is 3.67. The molecule has 2 aromatic carbocycles. The Morgan fingerprint density at radius 1 is 1.04 bits per heavy atom. The molecule has 3 rings (SSSR count). The second-order valence-corrected chi connectivity index (χ2v) is 6.65. The molecule has 0 aliphatic carbocycles. The van der Waals surface area contributed by atoms with Crippen molar-refractivity contribution in [3.63, 3.8) is 0 Å². The van der Waals surface area contributed by atoms with Gasteiger partial charge in [0.2, 0.25) is 0 Å². The van der Waals surface area contributed by atoms with E-state index >= 15 is 0 Å². The molecule has 0 unspecified atom stereocenters. The summed E-state index contributed by atoms with van der Waals surface area (Å²) in [5, 5.41) is 9.69. The van der Waals surface area contributed by atoms with E-state index in [0.717, 1.165) is 22.3 Å². The van der Waals surface area contributed by atoms with Crippen molar-refractivity contribution < 1.29 is 19.5 Å². The number of hydrogen-bond donors (Lipinski definition) is 2. The van der Waals surface area contributed by atoms with Gasteiger partial charge in [0.05, 0.1) is 5.56 Å². The van der Waals surface area contributed by atoms with Crippen molar-refractivity contribution >= 4 is 28.6 Å². The van der Waals surface area contributed by atoms with Crippen LogP contribution in [-0.4, -0.2) is 27.3 Å². The van der Waals surface area contributed by atoms with Gasteiger partial charge in [0.15, 0.2) is 0 Å². The third-order valence-corrected chi connectivity index (χ3v) is 4.86. The topological polar surface area (TPSA) is 102 Å². The predicted molar refractivity (Wildman–Crippen MR) is 106 cm³/mol. The molecular formula is C22H22N2O4. The first-order chi connectivity index (χ1) is 13.4. The Bertz CT molecular complexity index is 1050. The highest BCUT2D eigenvalue weighted by molar-refractivity contribution is 6.45. The fourth-order valence-corrected chi connectivity index (χ4v) is 3.66. The number of aliphatic carboxylic acids is 1. The van der Waals surface area contributed by atoms with Gasteiger partial charge in [-0.15, -0.1) is 0 Å². The number of carboxylic acids is 1. The van der Waals surface area contributed by atoms with Crippen LogP contribution < -0.4 is 5.73 Å². The predicted octanol–water partition coefficient (Wildman–Crippen LogP) is 2.94. The van der Waals surface area contributed by atoms with E-state index in [4.69, 9.17) is 10.8 Å². The summed E-state index contributed by atoms with van der Waals surface area (Å²) in [5.41, 5.74) is 8.93. The molecule has 0 atom stereocenters. The van der Waals surface area contributed by atoms with Gasteiger partial charge in [0, 0.05) is 29.6 Å². The molecule has 1 aromatic heterocycles. The minimum absolute atomic E-state index is 0.0609. The lowest BCUT2D eigenvalue weighted by atomic mass is 9.98. The number of rotatable bonds is 8. The second-order valence-electron chi connectivity index (χ2n) is 6.65. The quantitative estimate of drug-likeness (QED) is 0.465. The van der Waals surface area contributed by atoms with Gasteiger partial charge in [-0.2, -0.15) is 0 Å². The normalized spacial score (nSPS) is 10.9. The van der Waals surface area contributed by atoms with Crippen LogP contribution in [0.15, 0.2) is 48.5 Å². The largest absolute Gasteiger partial charge is 0.481 e. The van der Waals surface area contributed by atoms with Gasteiger partial charge < -0.3 is 15.4 Å². The van der Waals surface area contributed by atoms with Gasteiger partial charge >= 0.3 is 5.97 Å². The summed E-state index contributed by atoms with van der Waals surface area (Å²) >= 11 is 0. The molecule has 6 nitrogen and oxygen atoms in total. The Hall–Kier alpha value is -3.41. The lowest BCUT2D eigenvalue weighted by Gasteiger charge is -2.10. The number of Topliss-reactive ketones (excluding diaryl/α,β-unsaturated/α-hetero) is 1. The summed E-state index contributed by atoms with van der Waals surface area (Å²) in [6, 6.07) is 15.4. The maximum atomic E-state index is 12.7. The highest BCUT2D eigenvalue weighted by atomic mass is 16.4. The van der Waals surface area contributed by atoms with Gasteiger partial charge in [-0.05, 0) is 30.0 Å². The summed E-state index contributed by atoms with van der Waals surface area (Å²) in [7, 11) is 0. The molecule has 1 heterocycles. The maximum Gasteiger partial charge on any atom is 0.303 e. The van der Waals surface area contributed by atoms with Crippen molar-refractivity contribution in [3.8, 4) is 0 Å². The van der Waals surface area contributed by atoms with Crippen LogP contribution >= 0.6 is 0 Å². The van der Waals surface area contributed by atoms with Gasteiger partial charge in [0.25, 0.3) is 11.7 Å². The van der Waals surface area contributed by atoms with E-state index < -0.39 is 17.7 Å². The van der Waals surface area contributed by atoms with Crippen LogP contribution in [0.3, 0.4) is 0 Å². The van der Waals surface area contributed by atoms with Crippen molar-refractivity contribution in [2.75, 3.05) is 0 Å². The molecule has 0 saturated carbocycles. The average Bonchev–Trinajstić information content (AvgIpc) is 3.00. The summed E-state index contributed by atoms with van der Waals surface area (Å²) in [6.07, 6.45) is 0.743. The minimum Gasteiger partial charge on any atom is -0.481 e. The first-order valence-electron chi connectivity index (χ1n) is 9.16. The molecule has 0 fully saturated rings. The Morgan fingerprint density at radius 3 is 2.36 bits per heavy atom. The molecule has 0 radical (unpaired) electrons. The van der Waals surface area contributed by atoms with E-state index in [1.54, 1.807) is 6.07 Å². The van der Waals surface area contributed by atoms with Gasteiger partial charge in [-0.25, -0.2) is 0 Å². The van der Waals surface area contributed by atoms with Crippen LogP contribution in [0.1, 0.15) is 40.5 Å². The number of carbonyl (C=O) groups is 3. The van der Waals surface area contributed by atoms with E-state index in [9.17, 15) is 14.4 Å². The maximum absolute atomic E-state index is 12.7. The molecule has 0 bridgehead atoms. The molecule has 0 spiro atoms. The molecule has 0 aliphatic heterocycles. The molecular weight excluding hydrogens is 356 g/mol. The smallest absolute Gasteiger partial charge is 0.303 e. The number of aryl methyl sites for hydroxylation is 1. The zero-order valence-corrected chi connectivity index (χ0v) is 15.6. The standard InChI is InChI=1S/C22H22N2O4/c1-2-16-20(21(27)22(23)28)19-15(11-12-18(25)26)9-6-10-17(19)24(16)13-14-7-4-3-5-8-14/h3-10H,2,11-13H2,1H3,(H2,23,28)(H,25,26). The zero-order chi connectivity index (χ0) is 20.3. The highest BCUT2D eigenvalue weighted by Gasteiger charge is 2.26. The Labute approximate surface area is 162 Å². The number of fused-ring (bicyclic) bond motifs is 1. The first kappa shape index (κ1) is 19.4. The van der Waals surface area contributed by atoms with Gasteiger partial charge in [-0.1, -0.05) is 49.4 Å². The second kappa shape index (κ2) is 8.08. The minimum atomic E-state index is -1.01. The van der Waals surface area contributed by atoms with Crippen LogP contribution in [0.5, 0.6) is 0 Å². The van der Waals surface area contributed by atoms with Crippen molar-refractivity contribution in [1.29, 1.82) is 0 Å². The molecule has 1 amide bonds. The Balaban J connectivity index is 2.27. The number of hydrogen-bond acceptors (Lipinski definition) is 3. The number of carboxylic acid groups (broad SMARTS) is 1. The number of aromatic nitrogens is 1. The van der Waals surface area contributed by atoms with Gasteiger partial charge in [0.1, 0.15) is 0 Å². The molecule has 0 saturated heterocycles. The number of carbonyl (C=O) groups excluding carboxylic acids is 2. The fraction of sp³-hybridized carbons (Fsp3) is 0.227. The summed E-state index contributed by atoms with van der Waals surface area (Å²) in [5.74, 6) is -2.67. The zero-order valence-electron chi connectivity index (χ0n) is 15.6. The monoisotopic (exact) mass is 378 g/mol. The number of nitrogens with two attached hydrogens (primary N) is 1. The van der Waals surface area contributed by atoms with Crippen LogP contribution in [0.2, 0.25) is 0 Å². The number of benzene rings is 2. The third-order valence-electron chi connectivity index (χ3n) is 4.86. The van der Waals surface area contributed by atoms with E-state index in [1.165, 1.54) is 0 Å². The van der Waals surface area contributed by atoms with Crippen molar-refractivity contribution in [2.45, 2.75) is 32.7 Å². The summed E-state index contributed by atoms with van der Waals surface area (Å²) < 4.78 is 2.02. The van der Waals surface area contributed by atoms with E-state index in [0.29, 0.717) is 23.9 Å². The molecule has 3 N–H and O–H groups in total. The lowest BCUT2D eigenvalue weighted by molar-refractivity contribution is -0.137. The average molecular weight is 378 g/mol. The first-order valence-corrected chi connectivity index (χ1v) is 9.16. The Kier molecular flexibility index (Phi) is 5.59. The van der Waals surface area contributed by atoms with E-state index in [-0.39, 0.29) is 12.8 Å². The number of amides is 1.